The minimum absolute atomic E-state index is 0.0867. The van der Waals surface area contributed by atoms with Crippen molar-refractivity contribution in [2.24, 2.45) is 5.73 Å². The molecule has 0 unspecified atom stereocenters. The highest BCUT2D eigenvalue weighted by Gasteiger charge is 2.13. The van der Waals surface area contributed by atoms with Gasteiger partial charge in [-0.1, -0.05) is 30.4 Å². The number of aryl methyl sites for hydroxylation is 1. The highest BCUT2D eigenvalue weighted by Crippen LogP contribution is 2.10. The summed E-state index contributed by atoms with van der Waals surface area (Å²) in [6, 6.07) is 12.8. The molecule has 0 atom stereocenters. The van der Waals surface area contributed by atoms with Gasteiger partial charge < -0.3 is 10.6 Å². The van der Waals surface area contributed by atoms with Gasteiger partial charge in [0.2, 0.25) is 0 Å². The summed E-state index contributed by atoms with van der Waals surface area (Å²) in [6.07, 6.45) is 0. The maximum atomic E-state index is 12.4. The first kappa shape index (κ1) is 15.1. The highest BCUT2D eigenvalue weighted by molar-refractivity contribution is 7.80. The molecular weight excluding hydrogens is 282 g/mol. The van der Waals surface area contributed by atoms with Gasteiger partial charge in [0.05, 0.1) is 12.2 Å². The fourth-order valence-corrected chi connectivity index (χ4v) is 2.16. The summed E-state index contributed by atoms with van der Waals surface area (Å²) >= 11 is 4.94. The predicted octanol–water partition coefficient (Wildman–Crippen LogP) is 2.30. The first-order chi connectivity index (χ1) is 9.97. The zero-order valence-electron chi connectivity index (χ0n) is 12.0. The van der Waals surface area contributed by atoms with Crippen LogP contribution in [0.15, 0.2) is 42.5 Å². The van der Waals surface area contributed by atoms with E-state index in [0.29, 0.717) is 17.7 Å². The van der Waals surface area contributed by atoms with Crippen LogP contribution in [0.1, 0.15) is 27.3 Å². The van der Waals surface area contributed by atoms with Gasteiger partial charge in [-0.2, -0.15) is 0 Å². The second-order valence-electron chi connectivity index (χ2n) is 4.88. The lowest BCUT2D eigenvalue weighted by Gasteiger charge is -2.17. The smallest absolute Gasteiger partial charge is 0.253 e. The number of benzene rings is 1. The average Bonchev–Trinajstić information content (AvgIpc) is 2.46. The van der Waals surface area contributed by atoms with Crippen LogP contribution in [0.5, 0.6) is 0 Å². The molecule has 1 aromatic carbocycles. The average molecular weight is 299 g/mol. The lowest BCUT2D eigenvalue weighted by Crippen LogP contribution is -2.27. The Morgan fingerprint density at radius 1 is 1.24 bits per heavy atom. The van der Waals surface area contributed by atoms with Crippen molar-refractivity contribution in [1.29, 1.82) is 0 Å². The summed E-state index contributed by atoms with van der Waals surface area (Å²) in [5.41, 5.74) is 8.65. The summed E-state index contributed by atoms with van der Waals surface area (Å²) in [4.78, 5) is 18.7. The number of pyridine rings is 1. The molecule has 0 saturated carbocycles. The minimum Gasteiger partial charge on any atom is -0.389 e. The Hall–Kier alpha value is -2.27. The Bertz CT molecular complexity index is 685. The van der Waals surface area contributed by atoms with E-state index in [1.165, 1.54) is 0 Å². The number of rotatable bonds is 4. The molecule has 0 aliphatic heterocycles. The van der Waals surface area contributed by atoms with E-state index in [-0.39, 0.29) is 10.9 Å². The normalized spacial score (nSPS) is 10.2. The Morgan fingerprint density at radius 2 is 1.90 bits per heavy atom. The molecule has 0 radical (unpaired) electrons. The Morgan fingerprint density at radius 3 is 2.57 bits per heavy atom. The molecule has 2 aromatic rings. The molecule has 108 valence electrons. The molecule has 0 aliphatic carbocycles. The number of hydrogen-bond donors (Lipinski definition) is 1. The largest absolute Gasteiger partial charge is 0.389 e. The Balaban J connectivity index is 2.15. The number of hydrogen-bond acceptors (Lipinski definition) is 3. The second-order valence-corrected chi connectivity index (χ2v) is 5.32. The van der Waals surface area contributed by atoms with Crippen molar-refractivity contribution >= 4 is 23.1 Å². The SMILES string of the molecule is Cc1cccc(CN(C)C(=O)c2cccc(C(N)=S)c2)n1. The molecule has 4 nitrogen and oxygen atoms in total. The monoisotopic (exact) mass is 299 g/mol. The molecule has 0 spiro atoms. The van der Waals surface area contributed by atoms with Crippen molar-refractivity contribution in [3.63, 3.8) is 0 Å². The number of amides is 1. The Labute approximate surface area is 129 Å². The molecule has 2 N–H and O–H groups in total. The number of nitrogens with two attached hydrogens (primary N) is 1. The lowest BCUT2D eigenvalue weighted by atomic mass is 10.1. The fraction of sp³-hybridized carbons (Fsp3) is 0.188. The van der Waals surface area contributed by atoms with Gasteiger partial charge in [-0.3, -0.25) is 9.78 Å². The number of thiocarbonyl (C=S) groups is 1. The highest BCUT2D eigenvalue weighted by atomic mass is 32.1. The van der Waals surface area contributed by atoms with E-state index < -0.39 is 0 Å². The van der Waals surface area contributed by atoms with Crippen LogP contribution in [0.3, 0.4) is 0 Å². The minimum atomic E-state index is -0.0867. The third kappa shape index (κ3) is 3.86. The molecule has 5 heteroatoms. The van der Waals surface area contributed by atoms with Crippen LogP contribution in [-0.2, 0) is 6.54 Å². The summed E-state index contributed by atoms with van der Waals surface area (Å²) < 4.78 is 0. The van der Waals surface area contributed by atoms with Gasteiger partial charge in [0.1, 0.15) is 4.99 Å². The van der Waals surface area contributed by atoms with Crippen molar-refractivity contribution in [2.75, 3.05) is 7.05 Å². The first-order valence-corrected chi connectivity index (χ1v) is 6.96. The zero-order valence-corrected chi connectivity index (χ0v) is 12.9. The van der Waals surface area contributed by atoms with Crippen LogP contribution in [0, 0.1) is 6.92 Å². The molecule has 2 rings (SSSR count). The summed E-state index contributed by atoms with van der Waals surface area (Å²) in [7, 11) is 1.75. The van der Waals surface area contributed by atoms with Crippen molar-refractivity contribution in [2.45, 2.75) is 13.5 Å². The van der Waals surface area contributed by atoms with Crippen LogP contribution in [0.25, 0.3) is 0 Å². The van der Waals surface area contributed by atoms with Gasteiger partial charge in [0.15, 0.2) is 0 Å². The molecule has 0 fully saturated rings. The van der Waals surface area contributed by atoms with Crippen molar-refractivity contribution < 1.29 is 4.79 Å². The topological polar surface area (TPSA) is 59.2 Å². The lowest BCUT2D eigenvalue weighted by molar-refractivity contribution is 0.0783. The third-order valence-electron chi connectivity index (χ3n) is 3.09. The van der Waals surface area contributed by atoms with Crippen LogP contribution in [-0.4, -0.2) is 27.8 Å². The van der Waals surface area contributed by atoms with E-state index >= 15 is 0 Å². The van der Waals surface area contributed by atoms with E-state index in [4.69, 9.17) is 18.0 Å². The molecule has 1 heterocycles. The number of carbonyl (C=O) groups is 1. The quantitative estimate of drug-likeness (QED) is 0.880. The van der Waals surface area contributed by atoms with Crippen molar-refractivity contribution in [3.8, 4) is 0 Å². The van der Waals surface area contributed by atoms with Gasteiger partial charge in [-0.25, -0.2) is 0 Å². The first-order valence-electron chi connectivity index (χ1n) is 6.55. The fourth-order valence-electron chi connectivity index (χ4n) is 2.03. The molecule has 0 saturated heterocycles. The van der Waals surface area contributed by atoms with Crippen molar-refractivity contribution in [3.05, 3.63) is 65.0 Å². The molecule has 0 bridgehead atoms. The van der Waals surface area contributed by atoms with Gasteiger partial charge in [-0.15, -0.1) is 0 Å². The summed E-state index contributed by atoms with van der Waals surface area (Å²) in [5.74, 6) is -0.0867. The second kappa shape index (κ2) is 6.45. The van der Waals surface area contributed by atoms with Crippen LogP contribution in [0.4, 0.5) is 0 Å². The van der Waals surface area contributed by atoms with Gasteiger partial charge in [0.25, 0.3) is 5.91 Å². The van der Waals surface area contributed by atoms with Crippen LogP contribution >= 0.6 is 12.2 Å². The molecule has 21 heavy (non-hydrogen) atoms. The van der Waals surface area contributed by atoms with Gasteiger partial charge in [0, 0.05) is 23.9 Å². The number of carbonyl (C=O) groups excluding carboxylic acids is 1. The van der Waals surface area contributed by atoms with E-state index in [2.05, 4.69) is 4.98 Å². The summed E-state index contributed by atoms with van der Waals surface area (Å²) in [6.45, 7) is 2.38. The molecular formula is C16H17N3OS. The zero-order chi connectivity index (χ0) is 15.4. The number of nitrogens with zero attached hydrogens (tertiary/aromatic N) is 2. The third-order valence-corrected chi connectivity index (χ3v) is 3.32. The number of aromatic nitrogens is 1. The molecule has 1 amide bonds. The molecule has 1 aromatic heterocycles. The maximum Gasteiger partial charge on any atom is 0.253 e. The van der Waals surface area contributed by atoms with Crippen LogP contribution in [0.2, 0.25) is 0 Å². The van der Waals surface area contributed by atoms with Crippen LogP contribution < -0.4 is 5.73 Å². The van der Waals surface area contributed by atoms with E-state index in [1.807, 2.05) is 25.1 Å². The Kier molecular flexibility index (Phi) is 4.65. The standard InChI is InChI=1S/C16H17N3OS/c1-11-5-3-8-14(18-11)10-19(2)16(20)13-7-4-6-12(9-13)15(17)21/h3-9H,10H2,1-2H3,(H2,17,21). The predicted molar refractivity (Wildman–Crippen MR) is 87.1 cm³/mol. The van der Waals surface area contributed by atoms with E-state index in [0.717, 1.165) is 11.4 Å². The molecule has 0 aliphatic rings. The van der Waals surface area contributed by atoms with Crippen molar-refractivity contribution in [1.82, 2.24) is 9.88 Å². The summed E-state index contributed by atoms with van der Waals surface area (Å²) in [5, 5.41) is 0. The van der Waals surface area contributed by atoms with Gasteiger partial charge in [-0.05, 0) is 31.2 Å². The maximum absolute atomic E-state index is 12.4. The van der Waals surface area contributed by atoms with E-state index in [1.54, 1.807) is 36.2 Å². The van der Waals surface area contributed by atoms with E-state index in [9.17, 15) is 4.79 Å². The van der Waals surface area contributed by atoms with Gasteiger partial charge >= 0.3 is 0 Å².